The fraction of sp³-hybridized carbons (Fsp3) is 0.500. The molecule has 5 nitrogen and oxygen atoms in total. The molecule has 2 rings (SSSR count). The summed E-state index contributed by atoms with van der Waals surface area (Å²) in [6, 6.07) is 0.0133. The van der Waals surface area contributed by atoms with Crippen LogP contribution in [0, 0.1) is 5.92 Å². The SMILES string of the molecule is CCNc1ncc(C(=O)N[C@@H]2C=C[C@H](CO)C2)s1. The van der Waals surface area contributed by atoms with Gasteiger partial charge in [0.25, 0.3) is 5.91 Å². The van der Waals surface area contributed by atoms with E-state index in [1.165, 1.54) is 11.3 Å². The van der Waals surface area contributed by atoms with Gasteiger partial charge in [-0.1, -0.05) is 23.5 Å². The van der Waals surface area contributed by atoms with E-state index in [2.05, 4.69) is 15.6 Å². The summed E-state index contributed by atoms with van der Waals surface area (Å²) >= 11 is 1.35. The van der Waals surface area contributed by atoms with Crippen molar-refractivity contribution in [3.8, 4) is 0 Å². The van der Waals surface area contributed by atoms with Crippen LogP contribution >= 0.6 is 11.3 Å². The predicted octanol–water partition coefficient (Wildman–Crippen LogP) is 1.24. The number of nitrogens with zero attached hydrogens (tertiary/aromatic N) is 1. The largest absolute Gasteiger partial charge is 0.396 e. The predicted molar refractivity (Wildman–Crippen MR) is 71.9 cm³/mol. The number of anilines is 1. The first kappa shape index (κ1) is 13.0. The van der Waals surface area contributed by atoms with Crippen LogP contribution in [0.5, 0.6) is 0 Å². The molecule has 0 saturated carbocycles. The number of aliphatic hydroxyl groups excluding tert-OH is 1. The fourth-order valence-electron chi connectivity index (χ4n) is 1.87. The van der Waals surface area contributed by atoms with E-state index < -0.39 is 0 Å². The molecule has 0 radical (unpaired) electrons. The first-order valence-corrected chi connectivity index (χ1v) is 6.84. The zero-order chi connectivity index (χ0) is 13.0. The molecule has 1 aliphatic carbocycles. The molecule has 1 aromatic heterocycles. The van der Waals surface area contributed by atoms with E-state index in [4.69, 9.17) is 5.11 Å². The Morgan fingerprint density at radius 3 is 3.11 bits per heavy atom. The van der Waals surface area contributed by atoms with Crippen molar-refractivity contribution in [1.29, 1.82) is 0 Å². The van der Waals surface area contributed by atoms with Crippen LogP contribution in [0.1, 0.15) is 23.0 Å². The summed E-state index contributed by atoms with van der Waals surface area (Å²) in [5.41, 5.74) is 0. The van der Waals surface area contributed by atoms with Crippen LogP contribution in [0.2, 0.25) is 0 Å². The molecule has 98 valence electrons. The maximum absolute atomic E-state index is 11.9. The fourth-order valence-corrected chi connectivity index (χ4v) is 2.66. The zero-order valence-corrected chi connectivity index (χ0v) is 11.0. The topological polar surface area (TPSA) is 74.2 Å². The summed E-state index contributed by atoms with van der Waals surface area (Å²) in [7, 11) is 0. The molecule has 1 heterocycles. The van der Waals surface area contributed by atoms with Crippen molar-refractivity contribution in [3.63, 3.8) is 0 Å². The van der Waals surface area contributed by atoms with E-state index in [0.29, 0.717) is 4.88 Å². The van der Waals surface area contributed by atoms with Crippen LogP contribution in [0.25, 0.3) is 0 Å². The van der Waals surface area contributed by atoms with Crippen LogP contribution < -0.4 is 10.6 Å². The number of aromatic nitrogens is 1. The highest BCUT2D eigenvalue weighted by Crippen LogP contribution is 2.20. The van der Waals surface area contributed by atoms with Gasteiger partial charge in [-0.05, 0) is 13.3 Å². The number of nitrogens with one attached hydrogen (secondary N) is 2. The second kappa shape index (κ2) is 5.97. The Kier molecular flexibility index (Phi) is 4.33. The van der Waals surface area contributed by atoms with Crippen LogP contribution in [-0.2, 0) is 0 Å². The lowest BCUT2D eigenvalue weighted by Crippen LogP contribution is -2.32. The van der Waals surface area contributed by atoms with E-state index in [1.807, 2.05) is 19.1 Å². The maximum Gasteiger partial charge on any atom is 0.263 e. The molecule has 2 atom stereocenters. The summed E-state index contributed by atoms with van der Waals surface area (Å²) in [5.74, 6) is 0.0546. The van der Waals surface area contributed by atoms with Gasteiger partial charge in [-0.15, -0.1) is 0 Å². The number of hydrogen-bond donors (Lipinski definition) is 3. The zero-order valence-electron chi connectivity index (χ0n) is 10.2. The highest BCUT2D eigenvalue weighted by Gasteiger charge is 2.21. The van der Waals surface area contributed by atoms with Crippen molar-refractivity contribution in [2.45, 2.75) is 19.4 Å². The van der Waals surface area contributed by atoms with E-state index in [0.717, 1.165) is 18.1 Å². The molecule has 0 unspecified atom stereocenters. The Morgan fingerprint density at radius 1 is 1.61 bits per heavy atom. The number of amides is 1. The third-order valence-electron chi connectivity index (χ3n) is 2.78. The maximum atomic E-state index is 11.9. The molecule has 1 aliphatic rings. The van der Waals surface area contributed by atoms with Gasteiger partial charge in [-0.3, -0.25) is 4.79 Å². The lowest BCUT2D eigenvalue weighted by atomic mass is 10.1. The van der Waals surface area contributed by atoms with Gasteiger partial charge >= 0.3 is 0 Å². The monoisotopic (exact) mass is 267 g/mol. The van der Waals surface area contributed by atoms with Gasteiger partial charge in [0.15, 0.2) is 5.13 Å². The van der Waals surface area contributed by atoms with Gasteiger partial charge in [-0.25, -0.2) is 4.98 Å². The van der Waals surface area contributed by atoms with Crippen molar-refractivity contribution in [2.75, 3.05) is 18.5 Å². The molecule has 1 aromatic rings. The molecule has 0 aromatic carbocycles. The number of rotatable bonds is 5. The Bertz CT molecular complexity index is 444. The normalized spacial score (nSPS) is 22.1. The summed E-state index contributed by atoms with van der Waals surface area (Å²) in [6.45, 7) is 2.91. The lowest BCUT2D eigenvalue weighted by Gasteiger charge is -2.11. The Balaban J connectivity index is 1.89. The molecule has 0 saturated heterocycles. The van der Waals surface area contributed by atoms with E-state index in [-0.39, 0.29) is 24.5 Å². The minimum atomic E-state index is -0.107. The quantitative estimate of drug-likeness (QED) is 0.702. The average Bonchev–Trinajstić information content (AvgIpc) is 2.98. The van der Waals surface area contributed by atoms with E-state index in [1.54, 1.807) is 6.20 Å². The second-order valence-corrected chi connectivity index (χ2v) is 5.23. The molecule has 0 spiro atoms. The minimum Gasteiger partial charge on any atom is -0.396 e. The molecule has 18 heavy (non-hydrogen) atoms. The third-order valence-corrected chi connectivity index (χ3v) is 3.73. The number of carbonyl (C=O) groups is 1. The molecule has 1 amide bonds. The molecular formula is C12H17N3O2S. The molecule has 0 fully saturated rings. The number of hydrogen-bond acceptors (Lipinski definition) is 5. The van der Waals surface area contributed by atoms with Crippen LogP contribution in [0.3, 0.4) is 0 Å². The highest BCUT2D eigenvalue weighted by atomic mass is 32.1. The second-order valence-electron chi connectivity index (χ2n) is 4.20. The van der Waals surface area contributed by atoms with Crippen LogP contribution in [0.15, 0.2) is 18.3 Å². The van der Waals surface area contributed by atoms with Gasteiger partial charge in [0.2, 0.25) is 0 Å². The molecule has 0 aliphatic heterocycles. The number of aliphatic hydroxyl groups is 1. The van der Waals surface area contributed by atoms with Crippen molar-refractivity contribution in [3.05, 3.63) is 23.2 Å². The van der Waals surface area contributed by atoms with Crippen molar-refractivity contribution in [1.82, 2.24) is 10.3 Å². The molecular weight excluding hydrogens is 250 g/mol. The van der Waals surface area contributed by atoms with E-state index in [9.17, 15) is 4.79 Å². The van der Waals surface area contributed by atoms with Crippen molar-refractivity contribution in [2.24, 2.45) is 5.92 Å². The van der Waals surface area contributed by atoms with Crippen molar-refractivity contribution < 1.29 is 9.90 Å². The molecule has 6 heteroatoms. The van der Waals surface area contributed by atoms with Crippen LogP contribution in [0.4, 0.5) is 5.13 Å². The minimum absolute atomic E-state index is 0.0133. The Hall–Kier alpha value is -1.40. The van der Waals surface area contributed by atoms with Gasteiger partial charge in [0, 0.05) is 25.1 Å². The summed E-state index contributed by atoms with van der Waals surface area (Å²) < 4.78 is 0. The van der Waals surface area contributed by atoms with Gasteiger partial charge in [0.05, 0.1) is 6.20 Å². The van der Waals surface area contributed by atoms with Crippen LogP contribution in [-0.4, -0.2) is 35.2 Å². The standard InChI is InChI=1S/C12H17N3O2S/c1-2-13-12-14-6-10(18-12)11(17)15-9-4-3-8(5-9)7-16/h3-4,6,8-9,16H,2,5,7H2,1H3,(H,13,14)(H,15,17)/t8-,9+/m0/s1. The number of thiazole rings is 1. The molecule has 0 bridgehead atoms. The molecule has 3 N–H and O–H groups in total. The summed E-state index contributed by atoms with van der Waals surface area (Å²) in [4.78, 5) is 16.7. The highest BCUT2D eigenvalue weighted by molar-refractivity contribution is 7.17. The number of carbonyl (C=O) groups excluding carboxylic acids is 1. The first-order chi connectivity index (χ1) is 8.72. The smallest absolute Gasteiger partial charge is 0.263 e. The van der Waals surface area contributed by atoms with Gasteiger partial charge in [0.1, 0.15) is 4.88 Å². The van der Waals surface area contributed by atoms with Crippen molar-refractivity contribution >= 4 is 22.4 Å². The average molecular weight is 267 g/mol. The summed E-state index contributed by atoms with van der Waals surface area (Å²) in [5, 5.41) is 15.8. The van der Waals surface area contributed by atoms with Gasteiger partial charge < -0.3 is 15.7 Å². The Morgan fingerprint density at radius 2 is 2.44 bits per heavy atom. The summed E-state index contributed by atoms with van der Waals surface area (Å²) in [6.07, 6.45) is 6.23. The van der Waals surface area contributed by atoms with Gasteiger partial charge in [-0.2, -0.15) is 0 Å². The lowest BCUT2D eigenvalue weighted by molar-refractivity contribution is 0.0945. The third kappa shape index (κ3) is 3.08. The Labute approximate surface area is 110 Å². The first-order valence-electron chi connectivity index (χ1n) is 6.02. The van der Waals surface area contributed by atoms with E-state index >= 15 is 0 Å².